The largest absolute Gasteiger partial charge is 0.495 e. The fourth-order valence-electron chi connectivity index (χ4n) is 3.82. The number of nitrogens with zero attached hydrogens (tertiary/aromatic N) is 1. The fourth-order valence-corrected chi connectivity index (χ4v) is 3.82. The SMILES string of the molecule is COc1cc2c(cc1NC(=O)C(=O)N/N=C(\C)CC(=O)Nc1ccc(C(C)C)cc1)oc1ccccc12. The highest BCUT2D eigenvalue weighted by Gasteiger charge is 2.18. The molecule has 0 aliphatic heterocycles. The molecule has 0 atom stereocenters. The predicted molar refractivity (Wildman–Crippen MR) is 144 cm³/mol. The Kier molecular flexibility index (Phi) is 7.52. The molecule has 4 rings (SSSR count). The zero-order valence-electron chi connectivity index (χ0n) is 21.0. The van der Waals surface area contributed by atoms with Gasteiger partial charge in [-0.05, 0) is 42.7 Å². The summed E-state index contributed by atoms with van der Waals surface area (Å²) in [7, 11) is 1.47. The highest BCUT2D eigenvalue weighted by atomic mass is 16.5. The number of carbonyl (C=O) groups excluding carboxylic acids is 3. The van der Waals surface area contributed by atoms with Gasteiger partial charge in [0.2, 0.25) is 5.91 Å². The molecular weight excluding hydrogens is 472 g/mol. The Morgan fingerprint density at radius 1 is 0.919 bits per heavy atom. The average molecular weight is 501 g/mol. The van der Waals surface area contributed by atoms with E-state index in [4.69, 9.17) is 9.15 Å². The van der Waals surface area contributed by atoms with Crippen molar-refractivity contribution in [3.05, 3.63) is 66.2 Å². The second kappa shape index (κ2) is 10.9. The number of furan rings is 1. The van der Waals surface area contributed by atoms with Crippen molar-refractivity contribution in [1.29, 1.82) is 0 Å². The van der Waals surface area contributed by atoms with Gasteiger partial charge in [0.1, 0.15) is 16.9 Å². The summed E-state index contributed by atoms with van der Waals surface area (Å²) in [6, 6.07) is 18.5. The lowest BCUT2D eigenvalue weighted by Gasteiger charge is -2.10. The van der Waals surface area contributed by atoms with E-state index in [2.05, 4.69) is 35.0 Å². The number of rotatable bonds is 7. The molecule has 9 heteroatoms. The van der Waals surface area contributed by atoms with Gasteiger partial charge in [0.25, 0.3) is 0 Å². The van der Waals surface area contributed by atoms with Crippen LogP contribution in [0.15, 0.2) is 70.2 Å². The Morgan fingerprint density at radius 3 is 2.35 bits per heavy atom. The Morgan fingerprint density at radius 2 is 1.65 bits per heavy atom. The highest BCUT2D eigenvalue weighted by Crippen LogP contribution is 2.36. The lowest BCUT2D eigenvalue weighted by molar-refractivity contribution is -0.136. The summed E-state index contributed by atoms with van der Waals surface area (Å²) in [4.78, 5) is 37.1. The van der Waals surface area contributed by atoms with Crippen LogP contribution in [0.2, 0.25) is 0 Å². The van der Waals surface area contributed by atoms with E-state index in [0.717, 1.165) is 10.8 Å². The van der Waals surface area contributed by atoms with Crippen molar-refractivity contribution < 1.29 is 23.5 Å². The summed E-state index contributed by atoms with van der Waals surface area (Å²) in [6.45, 7) is 5.77. The van der Waals surface area contributed by atoms with Crippen LogP contribution in [-0.4, -0.2) is 30.5 Å². The molecule has 0 unspecified atom stereocenters. The third kappa shape index (κ3) is 5.95. The number of hydrazone groups is 1. The van der Waals surface area contributed by atoms with E-state index in [1.165, 1.54) is 12.7 Å². The first kappa shape index (κ1) is 25.4. The molecule has 0 spiro atoms. The van der Waals surface area contributed by atoms with Crippen molar-refractivity contribution in [2.75, 3.05) is 17.7 Å². The summed E-state index contributed by atoms with van der Waals surface area (Å²) in [5.41, 5.74) is 5.86. The van der Waals surface area contributed by atoms with Gasteiger partial charge in [-0.15, -0.1) is 0 Å². The lowest BCUT2D eigenvalue weighted by Crippen LogP contribution is -2.33. The summed E-state index contributed by atoms with van der Waals surface area (Å²) < 4.78 is 11.2. The Bertz CT molecular complexity index is 1500. The van der Waals surface area contributed by atoms with Gasteiger partial charge < -0.3 is 19.8 Å². The fraction of sp³-hybridized carbons (Fsp3) is 0.214. The molecule has 190 valence electrons. The first-order chi connectivity index (χ1) is 17.7. The maximum atomic E-state index is 12.5. The van der Waals surface area contributed by atoms with Crippen molar-refractivity contribution in [3.8, 4) is 5.75 Å². The molecule has 3 aromatic carbocycles. The molecular formula is C28H28N4O5. The Labute approximate surface area is 213 Å². The number of amides is 3. The third-order valence-corrected chi connectivity index (χ3v) is 5.78. The smallest absolute Gasteiger partial charge is 0.329 e. The second-order valence-corrected chi connectivity index (χ2v) is 8.89. The van der Waals surface area contributed by atoms with E-state index in [1.807, 2.05) is 48.5 Å². The first-order valence-corrected chi connectivity index (χ1v) is 11.8. The van der Waals surface area contributed by atoms with Gasteiger partial charge in [0.05, 0.1) is 19.2 Å². The zero-order valence-corrected chi connectivity index (χ0v) is 21.0. The number of fused-ring (bicyclic) bond motifs is 3. The Balaban J connectivity index is 1.36. The van der Waals surface area contributed by atoms with Crippen molar-refractivity contribution >= 4 is 56.7 Å². The van der Waals surface area contributed by atoms with E-state index in [1.54, 1.807) is 19.1 Å². The van der Waals surface area contributed by atoms with Crippen LogP contribution in [-0.2, 0) is 14.4 Å². The summed E-state index contributed by atoms with van der Waals surface area (Å²) in [5, 5.41) is 10.9. The molecule has 0 aliphatic carbocycles. The van der Waals surface area contributed by atoms with Gasteiger partial charge in [-0.25, -0.2) is 5.43 Å². The van der Waals surface area contributed by atoms with Gasteiger partial charge in [0, 0.05) is 28.2 Å². The quantitative estimate of drug-likeness (QED) is 0.183. The summed E-state index contributed by atoms with van der Waals surface area (Å²) >= 11 is 0. The molecule has 0 saturated carbocycles. The third-order valence-electron chi connectivity index (χ3n) is 5.78. The minimum Gasteiger partial charge on any atom is -0.495 e. The molecule has 0 saturated heterocycles. The van der Waals surface area contributed by atoms with E-state index in [0.29, 0.717) is 34.2 Å². The molecule has 0 aliphatic rings. The molecule has 1 aromatic heterocycles. The van der Waals surface area contributed by atoms with Crippen molar-refractivity contribution in [1.82, 2.24) is 5.43 Å². The second-order valence-electron chi connectivity index (χ2n) is 8.89. The monoisotopic (exact) mass is 500 g/mol. The van der Waals surface area contributed by atoms with Gasteiger partial charge >= 0.3 is 11.8 Å². The van der Waals surface area contributed by atoms with Crippen LogP contribution >= 0.6 is 0 Å². The number of nitrogens with one attached hydrogen (secondary N) is 3. The van der Waals surface area contributed by atoms with Crippen LogP contribution in [0.25, 0.3) is 21.9 Å². The highest BCUT2D eigenvalue weighted by molar-refractivity contribution is 6.40. The van der Waals surface area contributed by atoms with Crippen molar-refractivity contribution in [2.24, 2.45) is 5.10 Å². The number of ether oxygens (including phenoxy) is 1. The summed E-state index contributed by atoms with van der Waals surface area (Å²) in [6.07, 6.45) is -0.0512. The normalized spacial score (nSPS) is 11.5. The predicted octanol–water partition coefficient (Wildman–Crippen LogP) is 5.18. The molecule has 4 aromatic rings. The van der Waals surface area contributed by atoms with Gasteiger partial charge in [-0.3, -0.25) is 14.4 Å². The van der Waals surface area contributed by atoms with Crippen molar-refractivity contribution in [2.45, 2.75) is 33.1 Å². The molecule has 0 bridgehead atoms. The number of para-hydroxylation sites is 1. The van der Waals surface area contributed by atoms with Crippen LogP contribution in [0.3, 0.4) is 0 Å². The molecule has 1 heterocycles. The molecule has 37 heavy (non-hydrogen) atoms. The van der Waals surface area contributed by atoms with E-state index < -0.39 is 11.8 Å². The van der Waals surface area contributed by atoms with Gasteiger partial charge in [-0.1, -0.05) is 44.2 Å². The van der Waals surface area contributed by atoms with Crippen LogP contribution < -0.4 is 20.8 Å². The minimum absolute atomic E-state index is 0.0512. The first-order valence-electron chi connectivity index (χ1n) is 11.8. The van der Waals surface area contributed by atoms with Gasteiger partial charge in [0.15, 0.2) is 0 Å². The molecule has 0 fully saturated rings. The van der Waals surface area contributed by atoms with Crippen molar-refractivity contribution in [3.63, 3.8) is 0 Å². The minimum atomic E-state index is -0.990. The number of methoxy groups -OCH3 is 1. The van der Waals surface area contributed by atoms with E-state index in [-0.39, 0.29) is 18.0 Å². The van der Waals surface area contributed by atoms with Crippen LogP contribution in [0.5, 0.6) is 5.75 Å². The molecule has 3 N–H and O–H groups in total. The van der Waals surface area contributed by atoms with Crippen LogP contribution in [0.1, 0.15) is 38.7 Å². The molecule has 3 amide bonds. The number of benzene rings is 3. The maximum Gasteiger partial charge on any atom is 0.329 e. The number of carbonyl (C=O) groups is 3. The van der Waals surface area contributed by atoms with Crippen LogP contribution in [0.4, 0.5) is 11.4 Å². The summed E-state index contributed by atoms with van der Waals surface area (Å²) in [5.74, 6) is -1.45. The standard InChI is InChI=1S/C28H28N4O5/c1-16(2)18-9-11-19(12-10-18)29-26(33)13-17(3)31-32-28(35)27(34)30-22-15-24-21(14-25(22)36-4)20-7-5-6-8-23(20)37-24/h5-12,14-16H,13H2,1-4H3,(H,29,33)(H,30,34)(H,32,35)/b31-17+. The zero-order chi connectivity index (χ0) is 26.5. The molecule has 9 nitrogen and oxygen atoms in total. The van der Waals surface area contributed by atoms with E-state index >= 15 is 0 Å². The van der Waals surface area contributed by atoms with E-state index in [9.17, 15) is 14.4 Å². The number of hydrogen-bond acceptors (Lipinski definition) is 6. The topological polar surface area (TPSA) is 122 Å². The lowest BCUT2D eigenvalue weighted by atomic mass is 10.0. The van der Waals surface area contributed by atoms with Crippen LogP contribution in [0, 0.1) is 0 Å². The number of anilines is 2. The van der Waals surface area contributed by atoms with Gasteiger partial charge in [-0.2, -0.15) is 5.10 Å². The maximum absolute atomic E-state index is 12.5. The number of hydrogen-bond donors (Lipinski definition) is 3. The molecule has 0 radical (unpaired) electrons. The average Bonchev–Trinajstić information content (AvgIpc) is 3.24. The Hall–Kier alpha value is -4.66.